The van der Waals surface area contributed by atoms with Gasteiger partial charge in [-0.2, -0.15) is 0 Å². The van der Waals surface area contributed by atoms with Crippen LogP contribution in [-0.4, -0.2) is 36.0 Å². The summed E-state index contributed by atoms with van der Waals surface area (Å²) in [6.07, 6.45) is -4.86. The largest absolute Gasteiger partial charge is 0.573 e. The van der Waals surface area contributed by atoms with E-state index in [4.69, 9.17) is 0 Å². The summed E-state index contributed by atoms with van der Waals surface area (Å²) in [7, 11) is 1.30. The van der Waals surface area contributed by atoms with Gasteiger partial charge in [0.1, 0.15) is 11.4 Å². The van der Waals surface area contributed by atoms with Gasteiger partial charge in [0.15, 0.2) is 0 Å². The van der Waals surface area contributed by atoms with Gasteiger partial charge in [0.25, 0.3) is 11.8 Å². The number of hydrogen-bond donors (Lipinski definition) is 2. The van der Waals surface area contributed by atoms with Crippen LogP contribution in [0.2, 0.25) is 0 Å². The molecule has 0 bridgehead atoms. The third-order valence-corrected chi connectivity index (χ3v) is 4.12. The number of carbonyl (C=O) groups is 3. The molecule has 2 N–H and O–H groups in total. The summed E-state index contributed by atoms with van der Waals surface area (Å²) in [5, 5.41) is 5.31. The van der Waals surface area contributed by atoms with Crippen LogP contribution in [0.25, 0.3) is 5.57 Å². The van der Waals surface area contributed by atoms with Gasteiger partial charge in [0.05, 0.1) is 5.57 Å². The molecule has 0 atom stereocenters. The van der Waals surface area contributed by atoms with E-state index in [9.17, 15) is 27.6 Å². The van der Waals surface area contributed by atoms with Crippen LogP contribution in [0, 0.1) is 0 Å². The Labute approximate surface area is 169 Å². The fourth-order valence-corrected chi connectivity index (χ4v) is 2.86. The van der Waals surface area contributed by atoms with Crippen molar-refractivity contribution in [2.75, 3.05) is 17.7 Å². The molecule has 2 aromatic rings. The van der Waals surface area contributed by atoms with E-state index in [1.54, 1.807) is 24.3 Å². The molecule has 156 valence electrons. The second-order valence-corrected chi connectivity index (χ2v) is 6.38. The van der Waals surface area contributed by atoms with Crippen molar-refractivity contribution in [1.82, 2.24) is 4.90 Å². The number of ether oxygens (including phenoxy) is 1. The monoisotopic (exact) mass is 419 g/mol. The smallest absolute Gasteiger partial charge is 0.406 e. The second-order valence-electron chi connectivity index (χ2n) is 6.38. The van der Waals surface area contributed by atoms with Crippen molar-refractivity contribution in [3.05, 3.63) is 59.8 Å². The summed E-state index contributed by atoms with van der Waals surface area (Å²) in [6, 6.07) is 11.2. The molecule has 0 saturated heterocycles. The first-order chi connectivity index (χ1) is 14.0. The number of benzene rings is 2. The lowest BCUT2D eigenvalue weighted by Gasteiger charge is -2.12. The van der Waals surface area contributed by atoms with Gasteiger partial charge in [-0.05, 0) is 29.8 Å². The molecule has 1 aliphatic heterocycles. The van der Waals surface area contributed by atoms with Gasteiger partial charge in [0.2, 0.25) is 5.91 Å². The zero-order valence-electron chi connectivity index (χ0n) is 15.8. The molecule has 0 aromatic heterocycles. The van der Waals surface area contributed by atoms with E-state index in [2.05, 4.69) is 15.4 Å². The highest BCUT2D eigenvalue weighted by atomic mass is 19.4. The van der Waals surface area contributed by atoms with E-state index in [1.807, 2.05) is 0 Å². The van der Waals surface area contributed by atoms with Crippen LogP contribution in [0.5, 0.6) is 5.75 Å². The lowest BCUT2D eigenvalue weighted by molar-refractivity contribution is -0.274. The highest BCUT2D eigenvalue weighted by molar-refractivity contribution is 6.36. The highest BCUT2D eigenvalue weighted by Crippen LogP contribution is 2.32. The minimum absolute atomic E-state index is 0.0546. The minimum Gasteiger partial charge on any atom is -0.406 e. The van der Waals surface area contributed by atoms with E-state index in [1.165, 1.54) is 26.1 Å². The van der Waals surface area contributed by atoms with Gasteiger partial charge < -0.3 is 15.4 Å². The maximum absolute atomic E-state index is 12.6. The Morgan fingerprint density at radius 1 is 1.00 bits per heavy atom. The molecular formula is C20H16F3N3O4. The lowest BCUT2D eigenvalue weighted by atomic mass is 10.0. The van der Waals surface area contributed by atoms with Crippen molar-refractivity contribution in [1.29, 1.82) is 0 Å². The Hall–Kier alpha value is -3.82. The fraction of sp³-hybridized carbons (Fsp3) is 0.150. The number of amides is 3. The average molecular weight is 419 g/mol. The van der Waals surface area contributed by atoms with Crippen LogP contribution in [0.15, 0.2) is 54.2 Å². The van der Waals surface area contributed by atoms with Crippen LogP contribution in [0.1, 0.15) is 12.5 Å². The van der Waals surface area contributed by atoms with E-state index in [-0.39, 0.29) is 22.9 Å². The molecule has 30 heavy (non-hydrogen) atoms. The third kappa shape index (κ3) is 4.59. The number of likely N-dealkylation sites (N-methyl/N-ethyl adjacent to an activating group) is 1. The number of anilines is 2. The zero-order valence-corrected chi connectivity index (χ0v) is 15.8. The maximum atomic E-state index is 12.6. The number of nitrogens with zero attached hydrogens (tertiary/aromatic N) is 1. The number of rotatable bonds is 5. The molecule has 1 heterocycles. The summed E-state index contributed by atoms with van der Waals surface area (Å²) in [5.41, 5.74) is 1.01. The maximum Gasteiger partial charge on any atom is 0.573 e. The predicted molar refractivity (Wildman–Crippen MR) is 102 cm³/mol. The van der Waals surface area contributed by atoms with Crippen LogP contribution in [0.4, 0.5) is 24.5 Å². The Balaban J connectivity index is 1.96. The molecule has 0 spiro atoms. The fourth-order valence-electron chi connectivity index (χ4n) is 2.86. The average Bonchev–Trinajstić information content (AvgIpc) is 2.85. The molecule has 0 radical (unpaired) electrons. The predicted octanol–water partition coefficient (Wildman–Crippen LogP) is 3.37. The number of halogens is 3. The Bertz CT molecular complexity index is 1050. The first-order valence-electron chi connectivity index (χ1n) is 8.62. The Morgan fingerprint density at radius 3 is 2.27 bits per heavy atom. The van der Waals surface area contributed by atoms with Gasteiger partial charge in [-0.3, -0.25) is 19.3 Å². The summed E-state index contributed by atoms with van der Waals surface area (Å²) >= 11 is 0. The molecular weight excluding hydrogens is 403 g/mol. The van der Waals surface area contributed by atoms with Gasteiger partial charge in [0, 0.05) is 31.4 Å². The molecule has 3 rings (SSSR count). The van der Waals surface area contributed by atoms with Gasteiger partial charge in [-0.1, -0.05) is 18.2 Å². The molecule has 0 saturated carbocycles. The normalized spacial score (nSPS) is 14.2. The van der Waals surface area contributed by atoms with Gasteiger partial charge >= 0.3 is 6.36 Å². The lowest BCUT2D eigenvalue weighted by Crippen LogP contribution is -2.27. The summed E-state index contributed by atoms with van der Waals surface area (Å²) < 4.78 is 41.2. The van der Waals surface area contributed by atoms with E-state index < -0.39 is 23.9 Å². The van der Waals surface area contributed by atoms with Crippen molar-refractivity contribution in [3.63, 3.8) is 0 Å². The number of nitrogens with one attached hydrogen (secondary N) is 2. The standard InChI is InChI=1S/C20H16F3N3O4/c1-11(27)24-13-8-6-12(7-9-13)16-17(19(29)26(2)18(16)28)25-14-4-3-5-15(10-14)30-20(21,22)23/h3-10,25H,1-2H3,(H,24,27). The SMILES string of the molecule is CC(=O)Nc1ccc(C2=C(Nc3cccc(OC(F)(F)F)c3)C(=O)N(C)C2=O)cc1. The molecule has 2 aromatic carbocycles. The van der Waals surface area contributed by atoms with E-state index in [0.29, 0.717) is 11.3 Å². The first kappa shape index (κ1) is 20.9. The number of carbonyl (C=O) groups excluding carboxylic acids is 3. The molecule has 7 nitrogen and oxygen atoms in total. The van der Waals surface area contributed by atoms with Crippen LogP contribution < -0.4 is 15.4 Å². The summed E-state index contributed by atoms with van der Waals surface area (Å²) in [6.45, 7) is 1.35. The highest BCUT2D eigenvalue weighted by Gasteiger charge is 2.37. The number of imide groups is 1. The molecule has 0 unspecified atom stereocenters. The molecule has 3 amide bonds. The van der Waals surface area contributed by atoms with Crippen molar-refractivity contribution >= 4 is 34.7 Å². The Morgan fingerprint density at radius 2 is 1.67 bits per heavy atom. The van der Waals surface area contributed by atoms with E-state index >= 15 is 0 Å². The summed E-state index contributed by atoms with van der Waals surface area (Å²) in [4.78, 5) is 37.2. The molecule has 0 aliphatic carbocycles. The van der Waals surface area contributed by atoms with Crippen molar-refractivity contribution in [2.45, 2.75) is 13.3 Å². The molecule has 10 heteroatoms. The van der Waals surface area contributed by atoms with Crippen LogP contribution in [-0.2, 0) is 14.4 Å². The minimum atomic E-state index is -4.86. The van der Waals surface area contributed by atoms with E-state index in [0.717, 1.165) is 17.0 Å². The first-order valence-corrected chi connectivity index (χ1v) is 8.62. The van der Waals surface area contributed by atoms with Crippen LogP contribution >= 0.6 is 0 Å². The second kappa shape index (κ2) is 7.90. The molecule has 0 fully saturated rings. The van der Waals surface area contributed by atoms with Crippen molar-refractivity contribution in [2.24, 2.45) is 0 Å². The Kier molecular flexibility index (Phi) is 5.50. The van der Waals surface area contributed by atoms with Crippen molar-refractivity contribution < 1.29 is 32.3 Å². The number of alkyl halides is 3. The number of hydrogen-bond acceptors (Lipinski definition) is 5. The quantitative estimate of drug-likeness (QED) is 0.726. The van der Waals surface area contributed by atoms with Gasteiger partial charge in [-0.15, -0.1) is 13.2 Å². The van der Waals surface area contributed by atoms with Crippen LogP contribution in [0.3, 0.4) is 0 Å². The van der Waals surface area contributed by atoms with Crippen molar-refractivity contribution in [3.8, 4) is 5.75 Å². The summed E-state index contributed by atoms with van der Waals surface area (Å²) in [5.74, 6) is -1.95. The van der Waals surface area contributed by atoms with Gasteiger partial charge in [-0.25, -0.2) is 0 Å². The topological polar surface area (TPSA) is 87.7 Å². The zero-order chi connectivity index (χ0) is 22.1. The third-order valence-electron chi connectivity index (χ3n) is 4.12. The molecule has 1 aliphatic rings.